The first-order chi connectivity index (χ1) is 13.7. The summed E-state index contributed by atoms with van der Waals surface area (Å²) in [4.78, 5) is 25.4. The molecule has 0 radical (unpaired) electrons. The van der Waals surface area contributed by atoms with Crippen molar-refractivity contribution < 1.29 is 9.53 Å². The number of hydrogen-bond donors (Lipinski definition) is 0. The van der Waals surface area contributed by atoms with E-state index < -0.39 is 0 Å². The van der Waals surface area contributed by atoms with Crippen LogP contribution in [0.5, 0.6) is 5.75 Å². The van der Waals surface area contributed by atoms with Gasteiger partial charge in [-0.3, -0.25) is 4.79 Å². The molecule has 1 amide bonds. The van der Waals surface area contributed by atoms with Gasteiger partial charge in [0.2, 0.25) is 5.91 Å². The number of methoxy groups -OCH3 is 1. The summed E-state index contributed by atoms with van der Waals surface area (Å²) in [6, 6.07) is 7.93. The Kier molecular flexibility index (Phi) is 4.11. The molecular weight excluding hydrogens is 356 g/mol. The van der Waals surface area contributed by atoms with Crippen molar-refractivity contribution in [1.82, 2.24) is 24.5 Å². The molecule has 144 valence electrons. The van der Waals surface area contributed by atoms with Gasteiger partial charge in [0.1, 0.15) is 17.9 Å². The van der Waals surface area contributed by atoms with E-state index in [1.54, 1.807) is 11.6 Å². The molecule has 0 unspecified atom stereocenters. The molecule has 5 rings (SSSR count). The lowest BCUT2D eigenvalue weighted by Gasteiger charge is -2.36. The van der Waals surface area contributed by atoms with Crippen molar-refractivity contribution >= 4 is 17.5 Å². The summed E-state index contributed by atoms with van der Waals surface area (Å²) < 4.78 is 7.07. The Morgan fingerprint density at radius 2 is 1.82 bits per heavy atom. The molecule has 0 bridgehead atoms. The number of aromatic nitrogens is 4. The average molecular weight is 378 g/mol. The summed E-state index contributed by atoms with van der Waals surface area (Å²) in [5.74, 6) is 2.93. The smallest absolute Gasteiger partial charge is 0.254 e. The molecule has 0 spiro atoms. The minimum atomic E-state index is 0.268. The molecular formula is C20H22N6O2. The highest BCUT2D eigenvalue weighted by Crippen LogP contribution is 2.34. The van der Waals surface area contributed by atoms with Gasteiger partial charge in [0.15, 0.2) is 0 Å². The van der Waals surface area contributed by atoms with Gasteiger partial charge in [-0.1, -0.05) is 12.1 Å². The lowest BCUT2D eigenvalue weighted by molar-refractivity contribution is -0.132. The van der Waals surface area contributed by atoms with Crippen LogP contribution in [0.3, 0.4) is 0 Å². The first-order valence-electron chi connectivity index (χ1n) is 9.61. The number of amides is 1. The average Bonchev–Trinajstić information content (AvgIpc) is 3.49. The maximum absolute atomic E-state index is 12.4. The van der Waals surface area contributed by atoms with E-state index in [2.05, 4.69) is 20.0 Å². The van der Waals surface area contributed by atoms with E-state index in [0.29, 0.717) is 11.7 Å². The van der Waals surface area contributed by atoms with Crippen LogP contribution in [0, 0.1) is 5.92 Å². The van der Waals surface area contributed by atoms with Crippen molar-refractivity contribution in [3.05, 3.63) is 36.8 Å². The molecule has 1 aliphatic heterocycles. The molecule has 1 saturated heterocycles. The predicted molar refractivity (Wildman–Crippen MR) is 104 cm³/mol. The van der Waals surface area contributed by atoms with Gasteiger partial charge in [-0.2, -0.15) is 14.6 Å². The van der Waals surface area contributed by atoms with E-state index in [1.807, 2.05) is 35.4 Å². The fourth-order valence-electron chi connectivity index (χ4n) is 3.77. The second-order valence-corrected chi connectivity index (χ2v) is 7.28. The Labute approximate surface area is 162 Å². The zero-order valence-corrected chi connectivity index (χ0v) is 15.8. The van der Waals surface area contributed by atoms with Gasteiger partial charge in [-0.25, -0.2) is 4.98 Å². The summed E-state index contributed by atoms with van der Waals surface area (Å²) in [5, 5.41) is 4.40. The Morgan fingerprint density at radius 1 is 1.07 bits per heavy atom. The molecule has 8 nitrogen and oxygen atoms in total. The van der Waals surface area contributed by atoms with E-state index in [1.165, 1.54) is 6.33 Å². The normalized spacial score (nSPS) is 17.2. The van der Waals surface area contributed by atoms with Gasteiger partial charge in [0, 0.05) is 43.9 Å². The largest absolute Gasteiger partial charge is 0.497 e. The lowest BCUT2D eigenvalue weighted by atomic mass is 10.1. The monoisotopic (exact) mass is 378 g/mol. The van der Waals surface area contributed by atoms with Crippen molar-refractivity contribution in [3.8, 4) is 16.9 Å². The molecule has 0 N–H and O–H groups in total. The van der Waals surface area contributed by atoms with Crippen LogP contribution in [0.25, 0.3) is 16.9 Å². The quantitative estimate of drug-likeness (QED) is 0.690. The molecule has 0 atom stereocenters. The van der Waals surface area contributed by atoms with Crippen LogP contribution >= 0.6 is 0 Å². The lowest BCUT2D eigenvalue weighted by Crippen LogP contribution is -2.49. The molecule has 2 aliphatic rings. The second-order valence-electron chi connectivity index (χ2n) is 7.28. The van der Waals surface area contributed by atoms with Gasteiger partial charge in [-0.05, 0) is 30.5 Å². The molecule has 1 saturated carbocycles. The molecule has 8 heteroatoms. The number of benzene rings is 1. The van der Waals surface area contributed by atoms with E-state index >= 15 is 0 Å². The van der Waals surface area contributed by atoms with E-state index in [-0.39, 0.29) is 5.92 Å². The Balaban J connectivity index is 1.48. The van der Waals surface area contributed by atoms with Crippen LogP contribution in [0.15, 0.2) is 36.8 Å². The summed E-state index contributed by atoms with van der Waals surface area (Å²) >= 11 is 0. The first kappa shape index (κ1) is 17.0. The Bertz CT molecular complexity index is 1000. The molecule has 3 aromatic rings. The van der Waals surface area contributed by atoms with Crippen molar-refractivity contribution in [1.29, 1.82) is 0 Å². The van der Waals surface area contributed by atoms with Crippen LogP contribution in [0.4, 0.5) is 5.82 Å². The van der Waals surface area contributed by atoms with Gasteiger partial charge >= 0.3 is 0 Å². The highest BCUT2D eigenvalue weighted by Gasteiger charge is 2.35. The van der Waals surface area contributed by atoms with Crippen molar-refractivity contribution in [2.45, 2.75) is 12.8 Å². The second kappa shape index (κ2) is 6.78. The number of nitrogens with zero attached hydrogens (tertiary/aromatic N) is 6. The third kappa shape index (κ3) is 2.94. The third-order valence-corrected chi connectivity index (χ3v) is 5.50. The first-order valence-corrected chi connectivity index (χ1v) is 9.61. The van der Waals surface area contributed by atoms with E-state index in [0.717, 1.165) is 61.7 Å². The van der Waals surface area contributed by atoms with E-state index in [9.17, 15) is 4.79 Å². The summed E-state index contributed by atoms with van der Waals surface area (Å²) in [5.41, 5.74) is 2.03. The number of carbonyl (C=O) groups is 1. The molecule has 1 aliphatic carbocycles. The molecule has 28 heavy (non-hydrogen) atoms. The molecule has 1 aromatic carbocycles. The zero-order valence-electron chi connectivity index (χ0n) is 15.8. The van der Waals surface area contributed by atoms with Gasteiger partial charge in [-0.15, -0.1) is 0 Å². The van der Waals surface area contributed by atoms with Gasteiger partial charge in [0.25, 0.3) is 5.78 Å². The van der Waals surface area contributed by atoms with Crippen LogP contribution in [-0.2, 0) is 4.79 Å². The van der Waals surface area contributed by atoms with Crippen molar-refractivity contribution in [3.63, 3.8) is 0 Å². The highest BCUT2D eigenvalue weighted by molar-refractivity contribution is 5.82. The minimum Gasteiger partial charge on any atom is -0.497 e. The number of carbonyl (C=O) groups excluding carboxylic acids is 1. The fraction of sp³-hybridized carbons (Fsp3) is 0.400. The molecule has 2 fully saturated rings. The number of piperazine rings is 1. The number of hydrogen-bond acceptors (Lipinski definition) is 6. The maximum Gasteiger partial charge on any atom is 0.254 e. The summed E-state index contributed by atoms with van der Waals surface area (Å²) in [6.07, 6.45) is 5.47. The molecule has 2 aromatic heterocycles. The number of rotatable bonds is 4. The van der Waals surface area contributed by atoms with Gasteiger partial charge < -0.3 is 14.5 Å². The van der Waals surface area contributed by atoms with Crippen LogP contribution in [0.1, 0.15) is 12.8 Å². The number of anilines is 1. The zero-order chi connectivity index (χ0) is 19.1. The van der Waals surface area contributed by atoms with Crippen LogP contribution in [0.2, 0.25) is 0 Å². The number of ether oxygens (including phenoxy) is 1. The maximum atomic E-state index is 12.4. The molecule has 3 heterocycles. The number of fused-ring (bicyclic) bond motifs is 1. The third-order valence-electron chi connectivity index (χ3n) is 5.50. The van der Waals surface area contributed by atoms with Crippen LogP contribution < -0.4 is 9.64 Å². The van der Waals surface area contributed by atoms with Crippen molar-refractivity contribution in [2.75, 3.05) is 38.2 Å². The SMILES string of the molecule is COc1ccc(-c2cnc3ncnn3c2N2CCN(C(=O)C3CC3)CC2)cc1. The fourth-order valence-corrected chi connectivity index (χ4v) is 3.77. The minimum absolute atomic E-state index is 0.268. The Hall–Kier alpha value is -3.16. The standard InChI is InChI=1S/C20H22N6O2/c1-28-16-6-4-14(5-7-16)17-12-21-20-22-13-23-26(20)18(17)24-8-10-25(11-9-24)19(27)15-2-3-15/h4-7,12-13,15H,2-3,8-11H2,1H3. The van der Waals surface area contributed by atoms with E-state index in [4.69, 9.17) is 4.74 Å². The summed E-state index contributed by atoms with van der Waals surface area (Å²) in [7, 11) is 1.66. The highest BCUT2D eigenvalue weighted by atomic mass is 16.5. The topological polar surface area (TPSA) is 75.9 Å². The van der Waals surface area contributed by atoms with Gasteiger partial charge in [0.05, 0.1) is 7.11 Å². The van der Waals surface area contributed by atoms with Crippen molar-refractivity contribution in [2.24, 2.45) is 5.92 Å². The summed E-state index contributed by atoms with van der Waals surface area (Å²) in [6.45, 7) is 2.99. The Morgan fingerprint density at radius 3 is 2.50 bits per heavy atom. The predicted octanol–water partition coefficient (Wildman–Crippen LogP) is 1.86. The van der Waals surface area contributed by atoms with Crippen LogP contribution in [-0.4, -0.2) is 63.7 Å².